The zero-order chi connectivity index (χ0) is 14.4. The minimum atomic E-state index is -0.223. The topological polar surface area (TPSA) is 42.0 Å². The van der Waals surface area contributed by atoms with Gasteiger partial charge in [-0.25, -0.2) is 4.98 Å². The van der Waals surface area contributed by atoms with E-state index in [9.17, 15) is 4.79 Å². The first-order valence-corrected chi connectivity index (χ1v) is 7.60. The van der Waals surface area contributed by atoms with Gasteiger partial charge in [0.1, 0.15) is 5.69 Å². The molecular formula is C15H13ClN2OS. The number of rotatable bonds is 5. The highest BCUT2D eigenvalue weighted by Gasteiger charge is 2.10. The SMILES string of the molecule is C#CCSCCNC(=O)c1cc(Cl)c2ccccc2n1. The molecule has 0 aliphatic rings. The Bertz CT molecular complexity index is 666. The van der Waals surface area contributed by atoms with E-state index in [0.29, 0.717) is 28.5 Å². The Kier molecular flexibility index (Phi) is 5.28. The predicted molar refractivity (Wildman–Crippen MR) is 85.2 cm³/mol. The van der Waals surface area contributed by atoms with E-state index in [1.165, 1.54) is 0 Å². The van der Waals surface area contributed by atoms with Crippen LogP contribution in [0.2, 0.25) is 5.02 Å². The minimum absolute atomic E-state index is 0.223. The van der Waals surface area contributed by atoms with Crippen LogP contribution >= 0.6 is 23.4 Å². The van der Waals surface area contributed by atoms with E-state index in [1.807, 2.05) is 24.3 Å². The molecule has 0 saturated carbocycles. The van der Waals surface area contributed by atoms with Crippen molar-refractivity contribution in [3.63, 3.8) is 0 Å². The van der Waals surface area contributed by atoms with Gasteiger partial charge in [0.25, 0.3) is 5.91 Å². The Morgan fingerprint density at radius 2 is 2.25 bits per heavy atom. The molecule has 0 aliphatic heterocycles. The van der Waals surface area contributed by atoms with Crippen LogP contribution in [-0.2, 0) is 0 Å². The summed E-state index contributed by atoms with van der Waals surface area (Å²) in [5, 5.41) is 4.17. The summed E-state index contributed by atoms with van der Waals surface area (Å²) in [5.74, 6) is 3.74. The lowest BCUT2D eigenvalue weighted by molar-refractivity contribution is 0.0951. The smallest absolute Gasteiger partial charge is 0.269 e. The van der Waals surface area contributed by atoms with Crippen LogP contribution in [0.4, 0.5) is 0 Å². The molecule has 1 aromatic heterocycles. The van der Waals surface area contributed by atoms with Crippen LogP contribution < -0.4 is 5.32 Å². The molecule has 0 unspecified atom stereocenters. The molecule has 20 heavy (non-hydrogen) atoms. The van der Waals surface area contributed by atoms with Gasteiger partial charge in [-0.05, 0) is 12.1 Å². The van der Waals surface area contributed by atoms with Crippen molar-refractivity contribution in [1.29, 1.82) is 0 Å². The fourth-order valence-corrected chi connectivity index (χ4v) is 2.48. The molecule has 1 N–H and O–H groups in total. The van der Waals surface area contributed by atoms with Crippen LogP contribution in [-0.4, -0.2) is 28.9 Å². The molecule has 0 fully saturated rings. The van der Waals surface area contributed by atoms with Gasteiger partial charge in [0, 0.05) is 17.7 Å². The largest absolute Gasteiger partial charge is 0.350 e. The maximum Gasteiger partial charge on any atom is 0.269 e. The molecule has 102 valence electrons. The van der Waals surface area contributed by atoms with Crippen LogP contribution in [0.5, 0.6) is 0 Å². The summed E-state index contributed by atoms with van der Waals surface area (Å²) in [6.07, 6.45) is 5.15. The zero-order valence-corrected chi connectivity index (χ0v) is 12.3. The van der Waals surface area contributed by atoms with Gasteiger partial charge in [0.2, 0.25) is 0 Å². The van der Waals surface area contributed by atoms with E-state index < -0.39 is 0 Å². The van der Waals surface area contributed by atoms with Crippen molar-refractivity contribution in [2.24, 2.45) is 0 Å². The van der Waals surface area contributed by atoms with Crippen molar-refractivity contribution in [2.75, 3.05) is 18.1 Å². The summed E-state index contributed by atoms with van der Waals surface area (Å²) in [7, 11) is 0. The second kappa shape index (κ2) is 7.18. The highest BCUT2D eigenvalue weighted by Crippen LogP contribution is 2.22. The molecule has 5 heteroatoms. The number of carbonyl (C=O) groups excluding carboxylic acids is 1. The van der Waals surface area contributed by atoms with Crippen molar-refractivity contribution < 1.29 is 4.79 Å². The lowest BCUT2D eigenvalue weighted by atomic mass is 10.2. The fraction of sp³-hybridized carbons (Fsp3) is 0.200. The Hall–Kier alpha value is -1.70. The van der Waals surface area contributed by atoms with Crippen molar-refractivity contribution in [2.45, 2.75) is 0 Å². The number of carbonyl (C=O) groups is 1. The van der Waals surface area contributed by atoms with Crippen LogP contribution in [0.1, 0.15) is 10.5 Å². The second-order valence-corrected chi connectivity index (χ2v) is 5.53. The van der Waals surface area contributed by atoms with Crippen molar-refractivity contribution in [1.82, 2.24) is 10.3 Å². The van der Waals surface area contributed by atoms with Crippen molar-refractivity contribution in [3.05, 3.63) is 41.0 Å². The van der Waals surface area contributed by atoms with E-state index in [-0.39, 0.29) is 5.91 Å². The highest BCUT2D eigenvalue weighted by atomic mass is 35.5. The first-order chi connectivity index (χ1) is 9.72. The molecule has 2 rings (SSSR count). The molecule has 0 radical (unpaired) electrons. The fourth-order valence-electron chi connectivity index (χ4n) is 1.71. The van der Waals surface area contributed by atoms with Crippen LogP contribution in [0.15, 0.2) is 30.3 Å². The molecule has 2 aromatic rings. The van der Waals surface area contributed by atoms with Gasteiger partial charge in [0.05, 0.1) is 16.3 Å². The number of amides is 1. The highest BCUT2D eigenvalue weighted by molar-refractivity contribution is 7.99. The van der Waals surface area contributed by atoms with E-state index >= 15 is 0 Å². The predicted octanol–water partition coefficient (Wildman–Crippen LogP) is 2.98. The van der Waals surface area contributed by atoms with Gasteiger partial charge >= 0.3 is 0 Å². The third kappa shape index (κ3) is 3.66. The molecule has 0 aliphatic carbocycles. The number of thioether (sulfide) groups is 1. The summed E-state index contributed by atoms with van der Waals surface area (Å²) in [6.45, 7) is 0.553. The number of terminal acetylenes is 1. The van der Waals surface area contributed by atoms with Crippen molar-refractivity contribution >= 4 is 40.2 Å². The number of aromatic nitrogens is 1. The monoisotopic (exact) mass is 304 g/mol. The average molecular weight is 305 g/mol. The summed E-state index contributed by atoms with van der Waals surface area (Å²) in [6, 6.07) is 9.06. The van der Waals surface area contributed by atoms with E-state index in [1.54, 1.807) is 17.8 Å². The van der Waals surface area contributed by atoms with Gasteiger partial charge < -0.3 is 5.32 Å². The third-order valence-electron chi connectivity index (χ3n) is 2.62. The van der Waals surface area contributed by atoms with Gasteiger partial charge in [-0.2, -0.15) is 0 Å². The van der Waals surface area contributed by atoms with Gasteiger partial charge in [-0.15, -0.1) is 18.2 Å². The number of para-hydroxylation sites is 1. The lowest BCUT2D eigenvalue weighted by Gasteiger charge is -2.06. The lowest BCUT2D eigenvalue weighted by Crippen LogP contribution is -2.26. The summed E-state index contributed by atoms with van der Waals surface area (Å²) >= 11 is 7.76. The van der Waals surface area contributed by atoms with E-state index in [4.69, 9.17) is 18.0 Å². The van der Waals surface area contributed by atoms with Crippen molar-refractivity contribution in [3.8, 4) is 12.3 Å². The molecule has 0 spiro atoms. The van der Waals surface area contributed by atoms with Gasteiger partial charge in [-0.3, -0.25) is 4.79 Å². The Morgan fingerprint density at radius 1 is 1.45 bits per heavy atom. The zero-order valence-electron chi connectivity index (χ0n) is 10.7. The number of pyridine rings is 1. The summed E-state index contributed by atoms with van der Waals surface area (Å²) in [4.78, 5) is 16.3. The molecule has 1 heterocycles. The molecule has 0 saturated heterocycles. The molecule has 0 bridgehead atoms. The number of benzene rings is 1. The second-order valence-electron chi connectivity index (χ2n) is 4.02. The third-order valence-corrected chi connectivity index (χ3v) is 3.79. The Morgan fingerprint density at radius 3 is 3.05 bits per heavy atom. The molecule has 3 nitrogen and oxygen atoms in total. The molecule has 0 atom stereocenters. The number of hydrogen-bond acceptors (Lipinski definition) is 3. The van der Waals surface area contributed by atoms with Gasteiger partial charge in [-0.1, -0.05) is 35.7 Å². The number of fused-ring (bicyclic) bond motifs is 1. The summed E-state index contributed by atoms with van der Waals surface area (Å²) < 4.78 is 0. The van der Waals surface area contributed by atoms with E-state index in [0.717, 1.165) is 11.1 Å². The number of nitrogens with one attached hydrogen (secondary N) is 1. The van der Waals surface area contributed by atoms with Crippen LogP contribution in [0, 0.1) is 12.3 Å². The van der Waals surface area contributed by atoms with Crippen LogP contribution in [0.3, 0.4) is 0 Å². The maximum absolute atomic E-state index is 12.0. The quantitative estimate of drug-likeness (QED) is 0.682. The first-order valence-electron chi connectivity index (χ1n) is 6.07. The normalized spacial score (nSPS) is 10.2. The average Bonchev–Trinajstić information content (AvgIpc) is 2.47. The standard InChI is InChI=1S/C15H13ClN2OS/c1-2-8-20-9-7-17-15(19)14-10-12(16)11-5-3-4-6-13(11)18-14/h1,3-6,10H,7-9H2,(H,17,19). The Labute approximate surface area is 127 Å². The minimum Gasteiger partial charge on any atom is -0.350 e. The maximum atomic E-state index is 12.0. The number of halogens is 1. The summed E-state index contributed by atoms with van der Waals surface area (Å²) in [5.41, 5.74) is 1.04. The van der Waals surface area contributed by atoms with E-state index in [2.05, 4.69) is 16.2 Å². The van der Waals surface area contributed by atoms with Gasteiger partial charge in [0.15, 0.2) is 0 Å². The Balaban J connectivity index is 2.05. The number of nitrogens with zero attached hydrogens (tertiary/aromatic N) is 1. The number of hydrogen-bond donors (Lipinski definition) is 1. The first kappa shape index (κ1) is 14.7. The van der Waals surface area contributed by atoms with Crippen LogP contribution in [0.25, 0.3) is 10.9 Å². The molecule has 1 aromatic carbocycles. The molecular weight excluding hydrogens is 292 g/mol. The molecule has 1 amide bonds.